The van der Waals surface area contributed by atoms with Gasteiger partial charge < -0.3 is 15.2 Å². The van der Waals surface area contributed by atoms with Crippen molar-refractivity contribution in [3.8, 4) is 11.8 Å². The van der Waals surface area contributed by atoms with Crippen LogP contribution in [0.5, 0.6) is 0 Å². The van der Waals surface area contributed by atoms with Crippen LogP contribution in [0.15, 0.2) is 18.3 Å². The van der Waals surface area contributed by atoms with Gasteiger partial charge in [0.15, 0.2) is 0 Å². The zero-order valence-electron chi connectivity index (χ0n) is 10.3. The molecule has 1 rings (SSSR count). The van der Waals surface area contributed by atoms with Gasteiger partial charge in [-0.3, -0.25) is 4.79 Å². The molecular formula is C13H16N2O3. The second-order valence-electron chi connectivity index (χ2n) is 3.46. The Morgan fingerprint density at radius 2 is 2.44 bits per heavy atom. The first-order chi connectivity index (χ1) is 8.79. The van der Waals surface area contributed by atoms with Gasteiger partial charge in [0.25, 0.3) is 5.91 Å². The first-order valence-electron chi connectivity index (χ1n) is 5.61. The van der Waals surface area contributed by atoms with Crippen molar-refractivity contribution >= 4 is 5.91 Å². The lowest BCUT2D eigenvalue weighted by Gasteiger charge is -2.05. The van der Waals surface area contributed by atoms with E-state index >= 15 is 0 Å². The quantitative estimate of drug-likeness (QED) is 0.576. The number of hydrogen-bond acceptors (Lipinski definition) is 4. The second-order valence-corrected chi connectivity index (χ2v) is 3.46. The molecule has 0 bridgehead atoms. The zero-order valence-corrected chi connectivity index (χ0v) is 10.3. The van der Waals surface area contributed by atoms with Crippen LogP contribution in [0.4, 0.5) is 0 Å². The average molecular weight is 248 g/mol. The molecule has 2 N–H and O–H groups in total. The number of rotatable bonds is 5. The van der Waals surface area contributed by atoms with E-state index in [0.717, 1.165) is 6.42 Å². The highest BCUT2D eigenvalue weighted by molar-refractivity contribution is 5.94. The number of pyridine rings is 1. The fourth-order valence-corrected chi connectivity index (χ4v) is 1.32. The Hall–Kier alpha value is -1.90. The smallest absolute Gasteiger partial charge is 0.271 e. The van der Waals surface area contributed by atoms with E-state index < -0.39 is 0 Å². The fraction of sp³-hybridized carbons (Fsp3) is 0.385. The Labute approximate surface area is 106 Å². The first-order valence-corrected chi connectivity index (χ1v) is 5.61. The summed E-state index contributed by atoms with van der Waals surface area (Å²) < 4.78 is 4.89. The molecule has 1 aromatic rings. The van der Waals surface area contributed by atoms with Crippen LogP contribution in [0.25, 0.3) is 0 Å². The van der Waals surface area contributed by atoms with Gasteiger partial charge >= 0.3 is 0 Å². The number of aliphatic hydroxyl groups is 1. The van der Waals surface area contributed by atoms with Gasteiger partial charge in [-0.05, 0) is 18.6 Å². The number of carbonyl (C=O) groups is 1. The third kappa shape index (κ3) is 4.53. The number of nitrogens with one attached hydrogen (secondary N) is 1. The molecule has 1 heterocycles. The van der Waals surface area contributed by atoms with Gasteiger partial charge in [0, 0.05) is 26.5 Å². The van der Waals surface area contributed by atoms with E-state index in [2.05, 4.69) is 22.1 Å². The molecule has 0 spiro atoms. The SMILES string of the molecule is COCCCNC(=O)c1ncccc1C#CCO. The maximum atomic E-state index is 11.8. The van der Waals surface area contributed by atoms with Gasteiger partial charge in [0.2, 0.25) is 0 Å². The lowest BCUT2D eigenvalue weighted by atomic mass is 10.2. The maximum absolute atomic E-state index is 11.8. The first kappa shape index (κ1) is 14.2. The normalized spacial score (nSPS) is 9.44. The molecule has 1 amide bonds. The van der Waals surface area contributed by atoms with Crippen molar-refractivity contribution in [3.63, 3.8) is 0 Å². The minimum atomic E-state index is -0.269. The Bertz CT molecular complexity index is 449. The highest BCUT2D eigenvalue weighted by atomic mass is 16.5. The molecule has 0 radical (unpaired) electrons. The van der Waals surface area contributed by atoms with Gasteiger partial charge in [-0.25, -0.2) is 4.98 Å². The van der Waals surface area contributed by atoms with Gasteiger partial charge in [0.1, 0.15) is 12.3 Å². The molecule has 5 heteroatoms. The molecule has 0 unspecified atom stereocenters. The number of amides is 1. The molecule has 0 aromatic carbocycles. The van der Waals surface area contributed by atoms with Gasteiger partial charge in [-0.2, -0.15) is 0 Å². The largest absolute Gasteiger partial charge is 0.385 e. The second kappa shape index (κ2) is 8.23. The van der Waals surface area contributed by atoms with Crippen LogP contribution < -0.4 is 5.32 Å². The summed E-state index contributed by atoms with van der Waals surface area (Å²) in [5.41, 5.74) is 0.784. The van der Waals surface area contributed by atoms with Crippen molar-refractivity contribution in [1.29, 1.82) is 0 Å². The van der Waals surface area contributed by atoms with Crippen LogP contribution in [0.3, 0.4) is 0 Å². The van der Waals surface area contributed by atoms with Crippen LogP contribution in [0.1, 0.15) is 22.5 Å². The summed E-state index contributed by atoms with van der Waals surface area (Å²) in [6.45, 7) is 0.875. The standard InChI is InChI=1S/C13H16N2O3/c1-18-10-4-8-15-13(17)12-11(6-3-9-16)5-2-7-14-12/h2,5,7,16H,4,8-10H2,1H3,(H,15,17). The van der Waals surface area contributed by atoms with Crippen molar-refractivity contribution in [2.24, 2.45) is 0 Å². The lowest BCUT2D eigenvalue weighted by molar-refractivity contribution is 0.0943. The summed E-state index contributed by atoms with van der Waals surface area (Å²) in [6, 6.07) is 3.39. The molecule has 5 nitrogen and oxygen atoms in total. The number of aliphatic hydroxyl groups excluding tert-OH is 1. The number of methoxy groups -OCH3 is 1. The molecule has 0 aliphatic carbocycles. The third-order valence-corrected chi connectivity index (χ3v) is 2.14. The van der Waals surface area contributed by atoms with Gasteiger partial charge in [-0.15, -0.1) is 0 Å². The zero-order chi connectivity index (χ0) is 13.2. The molecular weight excluding hydrogens is 232 g/mol. The van der Waals surface area contributed by atoms with E-state index in [9.17, 15) is 4.79 Å². The molecule has 0 aliphatic heterocycles. The summed E-state index contributed by atoms with van der Waals surface area (Å²) in [6.07, 6.45) is 2.28. The minimum Gasteiger partial charge on any atom is -0.385 e. The lowest BCUT2D eigenvalue weighted by Crippen LogP contribution is -2.26. The van der Waals surface area contributed by atoms with Crippen LogP contribution in [-0.4, -0.2) is 42.9 Å². The molecule has 1 aromatic heterocycles. The summed E-state index contributed by atoms with van der Waals surface area (Å²) in [5, 5.41) is 11.4. The van der Waals surface area contributed by atoms with E-state index in [4.69, 9.17) is 9.84 Å². The number of nitrogens with zero attached hydrogens (tertiary/aromatic N) is 1. The van der Waals surface area contributed by atoms with E-state index in [-0.39, 0.29) is 18.2 Å². The van der Waals surface area contributed by atoms with Crippen LogP contribution in [0, 0.1) is 11.8 Å². The highest BCUT2D eigenvalue weighted by Gasteiger charge is 2.10. The number of carbonyl (C=O) groups excluding carboxylic acids is 1. The Kier molecular flexibility index (Phi) is 6.47. The summed E-state index contributed by atoms with van der Waals surface area (Å²) in [4.78, 5) is 15.9. The van der Waals surface area contributed by atoms with E-state index in [0.29, 0.717) is 18.7 Å². The van der Waals surface area contributed by atoms with Crippen molar-refractivity contribution in [1.82, 2.24) is 10.3 Å². The van der Waals surface area contributed by atoms with Gasteiger partial charge in [0.05, 0.1) is 5.56 Å². The van der Waals surface area contributed by atoms with E-state index in [1.165, 1.54) is 6.20 Å². The molecule has 0 saturated carbocycles. The number of ether oxygens (including phenoxy) is 1. The van der Waals surface area contributed by atoms with Crippen molar-refractivity contribution in [2.45, 2.75) is 6.42 Å². The van der Waals surface area contributed by atoms with Crippen LogP contribution in [0.2, 0.25) is 0 Å². The molecule has 0 atom stereocenters. The Balaban J connectivity index is 2.67. The molecule has 0 fully saturated rings. The van der Waals surface area contributed by atoms with Gasteiger partial charge in [-0.1, -0.05) is 11.8 Å². The van der Waals surface area contributed by atoms with Crippen LogP contribution in [-0.2, 0) is 4.74 Å². The topological polar surface area (TPSA) is 71.5 Å². The van der Waals surface area contributed by atoms with E-state index in [1.54, 1.807) is 19.2 Å². The molecule has 18 heavy (non-hydrogen) atoms. The predicted molar refractivity (Wildman–Crippen MR) is 67.0 cm³/mol. The molecule has 0 saturated heterocycles. The maximum Gasteiger partial charge on any atom is 0.271 e. The number of hydrogen-bond donors (Lipinski definition) is 2. The molecule has 0 aliphatic rings. The van der Waals surface area contributed by atoms with Crippen molar-refractivity contribution < 1.29 is 14.6 Å². The summed E-state index contributed by atoms with van der Waals surface area (Å²) in [7, 11) is 1.61. The Morgan fingerprint density at radius 3 is 3.17 bits per heavy atom. The third-order valence-electron chi connectivity index (χ3n) is 2.14. The van der Waals surface area contributed by atoms with E-state index in [1.807, 2.05) is 0 Å². The molecule has 96 valence electrons. The van der Waals surface area contributed by atoms with Crippen LogP contribution >= 0.6 is 0 Å². The Morgan fingerprint density at radius 1 is 1.61 bits per heavy atom. The average Bonchev–Trinajstić information content (AvgIpc) is 2.41. The summed E-state index contributed by atoms with van der Waals surface area (Å²) in [5.74, 6) is 4.93. The van der Waals surface area contributed by atoms with Crippen molar-refractivity contribution in [3.05, 3.63) is 29.6 Å². The minimum absolute atomic E-state index is 0.246. The highest BCUT2D eigenvalue weighted by Crippen LogP contribution is 2.03. The fourth-order valence-electron chi connectivity index (χ4n) is 1.32. The van der Waals surface area contributed by atoms with Crippen molar-refractivity contribution in [2.75, 3.05) is 26.9 Å². The summed E-state index contributed by atoms with van der Waals surface area (Å²) >= 11 is 0. The number of aromatic nitrogens is 1. The monoisotopic (exact) mass is 248 g/mol. The predicted octanol–water partition coefficient (Wildman–Crippen LogP) is 0.192.